The number of nitrogens with zero attached hydrogens (tertiary/aromatic N) is 2. The van der Waals surface area contributed by atoms with E-state index in [4.69, 9.17) is 11.6 Å². The molecule has 3 aromatic rings. The van der Waals surface area contributed by atoms with E-state index >= 15 is 0 Å². The van der Waals surface area contributed by atoms with E-state index in [-0.39, 0.29) is 12.6 Å². The van der Waals surface area contributed by atoms with Crippen LogP contribution in [-0.2, 0) is 9.59 Å². The Morgan fingerprint density at radius 1 is 1.13 bits per heavy atom. The van der Waals surface area contributed by atoms with Crippen molar-refractivity contribution >= 4 is 63.1 Å². The number of hydrogen-bond donors (Lipinski definition) is 1. The molecule has 0 bridgehead atoms. The highest BCUT2D eigenvalue weighted by atomic mass is 35.5. The summed E-state index contributed by atoms with van der Waals surface area (Å²) < 4.78 is 2.13. The maximum Gasteiger partial charge on any atom is 0.294 e. The third kappa shape index (κ3) is 4.24. The summed E-state index contributed by atoms with van der Waals surface area (Å²) in [5.41, 5.74) is 2.34. The van der Waals surface area contributed by atoms with E-state index < -0.39 is 17.1 Å². The maximum absolute atomic E-state index is 12.9. The second kappa shape index (κ2) is 8.61. The largest absolute Gasteiger partial charge is 0.344 e. The van der Waals surface area contributed by atoms with Crippen molar-refractivity contribution < 1.29 is 14.4 Å². The number of aromatic nitrogens is 1. The number of fused-ring (bicyclic) bond motifs is 1. The fourth-order valence-electron chi connectivity index (χ4n) is 3.45. The molecule has 6 nitrogen and oxygen atoms in total. The van der Waals surface area contributed by atoms with Gasteiger partial charge < -0.3 is 9.88 Å². The summed E-state index contributed by atoms with van der Waals surface area (Å²) in [4.78, 5) is 38.9. The molecule has 1 aliphatic rings. The average molecular weight is 454 g/mol. The van der Waals surface area contributed by atoms with Gasteiger partial charge in [-0.25, -0.2) is 0 Å². The van der Waals surface area contributed by atoms with E-state index in [0.717, 1.165) is 33.1 Å². The van der Waals surface area contributed by atoms with Crippen molar-refractivity contribution in [3.63, 3.8) is 0 Å². The standard InChI is InChI=1S/C23H20ClN3O3S/c1-14(2)26-12-15(16-7-3-6-10-19(16)26)11-20-22(29)27(23(30)31-20)13-21(28)25-18-9-5-4-8-17(18)24/h3-12,14H,13H2,1-2H3,(H,25,28)/b20-11+. The molecule has 1 aromatic heterocycles. The Balaban J connectivity index is 1.56. The molecule has 2 aromatic carbocycles. The van der Waals surface area contributed by atoms with Gasteiger partial charge in [0.2, 0.25) is 5.91 Å². The Bertz CT molecular complexity index is 1230. The lowest BCUT2D eigenvalue weighted by Gasteiger charge is -2.13. The predicted molar refractivity (Wildman–Crippen MR) is 125 cm³/mol. The fraction of sp³-hybridized carbons (Fsp3) is 0.174. The summed E-state index contributed by atoms with van der Waals surface area (Å²) in [5.74, 6) is -0.973. The van der Waals surface area contributed by atoms with Crippen molar-refractivity contribution in [1.82, 2.24) is 9.47 Å². The number of hydrogen-bond acceptors (Lipinski definition) is 4. The number of anilines is 1. The molecule has 158 valence electrons. The molecule has 0 unspecified atom stereocenters. The number of carbonyl (C=O) groups excluding carboxylic acids is 3. The summed E-state index contributed by atoms with van der Waals surface area (Å²) in [6, 6.07) is 14.9. The molecule has 4 rings (SSSR count). The molecule has 0 atom stereocenters. The number of nitrogens with one attached hydrogen (secondary N) is 1. The molecule has 0 saturated carbocycles. The van der Waals surface area contributed by atoms with Gasteiger partial charge in [0.15, 0.2) is 0 Å². The van der Waals surface area contributed by atoms with Crippen molar-refractivity contribution in [2.75, 3.05) is 11.9 Å². The van der Waals surface area contributed by atoms with Crippen LogP contribution in [-0.4, -0.2) is 33.1 Å². The minimum Gasteiger partial charge on any atom is -0.344 e. The summed E-state index contributed by atoms with van der Waals surface area (Å²) in [5, 5.41) is 3.54. The van der Waals surface area contributed by atoms with Crippen LogP contribution < -0.4 is 5.32 Å². The van der Waals surface area contributed by atoms with E-state index in [0.29, 0.717) is 15.6 Å². The zero-order valence-electron chi connectivity index (χ0n) is 17.0. The second-order valence-electron chi connectivity index (χ2n) is 7.40. The van der Waals surface area contributed by atoms with Gasteiger partial charge in [-0.2, -0.15) is 0 Å². The van der Waals surface area contributed by atoms with Crippen molar-refractivity contribution in [3.05, 3.63) is 70.2 Å². The monoisotopic (exact) mass is 453 g/mol. The second-order valence-corrected chi connectivity index (χ2v) is 8.80. The fourth-order valence-corrected chi connectivity index (χ4v) is 4.46. The third-order valence-electron chi connectivity index (χ3n) is 4.94. The zero-order chi connectivity index (χ0) is 22.1. The Morgan fingerprint density at radius 2 is 1.84 bits per heavy atom. The molecule has 2 heterocycles. The van der Waals surface area contributed by atoms with E-state index in [2.05, 4.69) is 23.7 Å². The van der Waals surface area contributed by atoms with Crippen molar-refractivity contribution in [2.45, 2.75) is 19.9 Å². The van der Waals surface area contributed by atoms with Gasteiger partial charge in [0, 0.05) is 28.7 Å². The first-order chi connectivity index (χ1) is 14.8. The first-order valence-electron chi connectivity index (χ1n) is 9.74. The van der Waals surface area contributed by atoms with Crippen molar-refractivity contribution in [1.29, 1.82) is 0 Å². The van der Waals surface area contributed by atoms with Crippen molar-refractivity contribution in [3.8, 4) is 0 Å². The van der Waals surface area contributed by atoms with Gasteiger partial charge in [-0.05, 0) is 49.9 Å². The first-order valence-corrected chi connectivity index (χ1v) is 10.9. The van der Waals surface area contributed by atoms with Crippen LogP contribution in [0.2, 0.25) is 5.02 Å². The lowest BCUT2D eigenvalue weighted by molar-refractivity contribution is -0.127. The smallest absolute Gasteiger partial charge is 0.294 e. The van der Waals surface area contributed by atoms with E-state index in [1.807, 2.05) is 30.5 Å². The van der Waals surface area contributed by atoms with Gasteiger partial charge in [0.05, 0.1) is 15.6 Å². The van der Waals surface area contributed by atoms with Crippen LogP contribution >= 0.6 is 23.4 Å². The molecule has 3 amide bonds. The number of imide groups is 1. The maximum atomic E-state index is 12.9. The van der Waals surface area contributed by atoms with E-state index in [1.54, 1.807) is 30.3 Å². The van der Waals surface area contributed by atoms with Crippen LogP contribution in [0.4, 0.5) is 10.5 Å². The van der Waals surface area contributed by atoms with Crippen LogP contribution in [0, 0.1) is 0 Å². The summed E-state index contributed by atoms with van der Waals surface area (Å²) in [6.45, 7) is 3.80. The number of amides is 3. The molecule has 31 heavy (non-hydrogen) atoms. The van der Waals surface area contributed by atoms with Gasteiger partial charge in [-0.3, -0.25) is 19.3 Å². The SMILES string of the molecule is CC(C)n1cc(/C=C2/SC(=O)N(CC(=O)Nc3ccccc3Cl)C2=O)c2ccccc21. The third-order valence-corrected chi connectivity index (χ3v) is 6.17. The topological polar surface area (TPSA) is 71.4 Å². The number of halogens is 1. The first kappa shape index (κ1) is 21.2. The summed E-state index contributed by atoms with van der Waals surface area (Å²) >= 11 is 6.89. The quantitative estimate of drug-likeness (QED) is 0.514. The lowest BCUT2D eigenvalue weighted by atomic mass is 10.1. The normalized spacial score (nSPS) is 15.5. The van der Waals surface area contributed by atoms with Gasteiger partial charge >= 0.3 is 0 Å². The molecule has 1 aliphatic heterocycles. The van der Waals surface area contributed by atoms with Gasteiger partial charge in [0.1, 0.15) is 6.54 Å². The molecular weight excluding hydrogens is 434 g/mol. The average Bonchev–Trinajstić information content (AvgIpc) is 3.23. The number of rotatable bonds is 5. The minimum absolute atomic E-state index is 0.246. The van der Waals surface area contributed by atoms with Gasteiger partial charge in [-0.15, -0.1) is 0 Å². The van der Waals surface area contributed by atoms with Gasteiger partial charge in [-0.1, -0.05) is 41.9 Å². The van der Waals surface area contributed by atoms with Crippen LogP contribution in [0.1, 0.15) is 25.5 Å². The van der Waals surface area contributed by atoms with Crippen LogP contribution in [0.15, 0.2) is 59.6 Å². The number of para-hydroxylation sites is 2. The van der Waals surface area contributed by atoms with Crippen LogP contribution in [0.3, 0.4) is 0 Å². The van der Waals surface area contributed by atoms with Gasteiger partial charge in [0.25, 0.3) is 11.1 Å². The number of carbonyl (C=O) groups is 3. The Labute approximate surface area is 188 Å². The molecule has 1 fully saturated rings. The molecule has 8 heteroatoms. The summed E-state index contributed by atoms with van der Waals surface area (Å²) in [7, 11) is 0. The van der Waals surface area contributed by atoms with Crippen molar-refractivity contribution in [2.24, 2.45) is 0 Å². The highest BCUT2D eigenvalue weighted by Gasteiger charge is 2.36. The molecule has 0 aliphatic carbocycles. The Kier molecular flexibility index (Phi) is 5.89. The Hall–Kier alpha value is -3.03. The predicted octanol–water partition coefficient (Wildman–Crippen LogP) is 5.55. The van der Waals surface area contributed by atoms with Crippen LogP contribution in [0.25, 0.3) is 17.0 Å². The molecule has 0 spiro atoms. The highest BCUT2D eigenvalue weighted by Crippen LogP contribution is 2.34. The number of thioether (sulfide) groups is 1. The zero-order valence-corrected chi connectivity index (χ0v) is 18.5. The molecular formula is C23H20ClN3O3S. The number of benzene rings is 2. The Morgan fingerprint density at radius 3 is 2.58 bits per heavy atom. The van der Waals surface area contributed by atoms with E-state index in [1.165, 1.54) is 0 Å². The molecule has 1 N–H and O–H groups in total. The van der Waals surface area contributed by atoms with Crippen LogP contribution in [0.5, 0.6) is 0 Å². The summed E-state index contributed by atoms with van der Waals surface area (Å²) in [6.07, 6.45) is 3.70. The van der Waals surface area contributed by atoms with E-state index in [9.17, 15) is 14.4 Å². The molecule has 1 saturated heterocycles. The highest BCUT2D eigenvalue weighted by molar-refractivity contribution is 8.18. The minimum atomic E-state index is -0.493. The lowest BCUT2D eigenvalue weighted by Crippen LogP contribution is -2.36. The molecule has 0 radical (unpaired) electrons.